The minimum absolute atomic E-state index is 0. The Labute approximate surface area is 153 Å². The summed E-state index contributed by atoms with van der Waals surface area (Å²) in [6.45, 7) is 3.88. The lowest BCUT2D eigenvalue weighted by Gasteiger charge is -2.21. The van der Waals surface area contributed by atoms with Gasteiger partial charge < -0.3 is 15.0 Å². The highest BCUT2D eigenvalue weighted by Crippen LogP contribution is 2.28. The number of hydrogen-bond donors (Lipinski definition) is 1. The van der Waals surface area contributed by atoms with E-state index in [0.29, 0.717) is 11.8 Å². The summed E-state index contributed by atoms with van der Waals surface area (Å²) in [5.41, 5.74) is -0.0694. The molecular formula is C17H24ClN3O4. The molecule has 0 aromatic heterocycles. The number of para-hydroxylation sites is 2. The molecule has 0 bridgehead atoms. The van der Waals surface area contributed by atoms with Crippen molar-refractivity contribution in [3.63, 3.8) is 0 Å². The van der Waals surface area contributed by atoms with Crippen molar-refractivity contribution < 1.29 is 14.5 Å². The first kappa shape index (κ1) is 19.5. The fraction of sp³-hybridized carbons (Fsp3) is 0.588. The fourth-order valence-electron chi connectivity index (χ4n) is 3.60. The Morgan fingerprint density at radius 3 is 2.52 bits per heavy atom. The molecule has 138 valence electrons. The summed E-state index contributed by atoms with van der Waals surface area (Å²) in [5, 5.41) is 14.4. The molecule has 0 aliphatic carbocycles. The highest BCUT2D eigenvalue weighted by molar-refractivity contribution is 5.85. The fourth-order valence-corrected chi connectivity index (χ4v) is 3.60. The van der Waals surface area contributed by atoms with Gasteiger partial charge in [-0.25, -0.2) is 0 Å². The predicted molar refractivity (Wildman–Crippen MR) is 96.1 cm³/mol. The van der Waals surface area contributed by atoms with Gasteiger partial charge >= 0.3 is 5.69 Å². The first-order chi connectivity index (χ1) is 11.6. The maximum Gasteiger partial charge on any atom is 0.310 e. The van der Waals surface area contributed by atoms with Crippen LogP contribution in [0.2, 0.25) is 0 Å². The molecule has 0 spiro atoms. The Morgan fingerprint density at radius 1 is 1.24 bits per heavy atom. The minimum atomic E-state index is -0.473. The van der Waals surface area contributed by atoms with Gasteiger partial charge in [-0.05, 0) is 43.8 Å². The number of hydrogen-bond acceptors (Lipinski definition) is 5. The molecule has 2 fully saturated rings. The number of likely N-dealkylation sites (tertiary alicyclic amines) is 1. The van der Waals surface area contributed by atoms with Crippen molar-refractivity contribution >= 4 is 24.0 Å². The molecule has 2 aliphatic heterocycles. The standard InChI is InChI=1S/C17H23N3O4.ClH/c21-17(19-8-5-13-11-18-12-14(13)6-9-19)7-10-24-16-4-2-1-3-15(16)20(22)23;/h1-4,13-14,18H,5-12H2;1H/t13-,14+;. The zero-order chi connectivity index (χ0) is 16.9. The molecule has 3 rings (SSSR count). The number of nitro benzene ring substituents is 1. The molecule has 1 aromatic carbocycles. The Kier molecular flexibility index (Phi) is 7.01. The molecule has 1 N–H and O–H groups in total. The summed E-state index contributed by atoms with van der Waals surface area (Å²) in [6.07, 6.45) is 2.35. The van der Waals surface area contributed by atoms with Gasteiger partial charge in [-0.1, -0.05) is 12.1 Å². The number of ether oxygens (including phenoxy) is 1. The Bertz CT molecular complexity index is 599. The second kappa shape index (κ2) is 9.01. The summed E-state index contributed by atoms with van der Waals surface area (Å²) >= 11 is 0. The van der Waals surface area contributed by atoms with Crippen LogP contribution in [-0.2, 0) is 4.79 Å². The lowest BCUT2D eigenvalue weighted by Crippen LogP contribution is -2.33. The second-order valence-electron chi connectivity index (χ2n) is 6.46. The number of benzene rings is 1. The van der Waals surface area contributed by atoms with Crippen molar-refractivity contribution in [1.82, 2.24) is 10.2 Å². The van der Waals surface area contributed by atoms with E-state index in [1.54, 1.807) is 18.2 Å². The lowest BCUT2D eigenvalue weighted by atomic mass is 9.92. The molecule has 1 amide bonds. The van der Waals surface area contributed by atoms with Gasteiger partial charge in [-0.15, -0.1) is 12.4 Å². The van der Waals surface area contributed by atoms with Crippen LogP contribution >= 0.6 is 12.4 Å². The number of halogens is 1. The van der Waals surface area contributed by atoms with Crippen LogP contribution in [0.3, 0.4) is 0 Å². The molecular weight excluding hydrogens is 346 g/mol. The quantitative estimate of drug-likeness (QED) is 0.635. The molecule has 2 aliphatic rings. The Hall–Kier alpha value is -1.86. The predicted octanol–water partition coefficient (Wildman–Crippen LogP) is 2.24. The van der Waals surface area contributed by atoms with E-state index in [0.717, 1.165) is 39.0 Å². The topological polar surface area (TPSA) is 84.7 Å². The van der Waals surface area contributed by atoms with E-state index >= 15 is 0 Å². The van der Waals surface area contributed by atoms with Gasteiger partial charge in [-0.3, -0.25) is 14.9 Å². The number of nitrogens with one attached hydrogen (secondary N) is 1. The molecule has 2 heterocycles. The molecule has 1 aromatic rings. The monoisotopic (exact) mass is 369 g/mol. The normalized spacial score (nSPS) is 22.5. The van der Waals surface area contributed by atoms with Crippen molar-refractivity contribution in [1.29, 1.82) is 0 Å². The van der Waals surface area contributed by atoms with Crippen LogP contribution in [0.5, 0.6) is 5.75 Å². The summed E-state index contributed by atoms with van der Waals surface area (Å²) in [5.74, 6) is 1.66. The number of carbonyl (C=O) groups excluding carboxylic acids is 1. The SMILES string of the molecule is Cl.O=C(CCOc1ccccc1[N+](=O)[O-])N1CC[C@@H]2CNC[C@@H]2CC1. The van der Waals surface area contributed by atoms with Crippen LogP contribution in [0.15, 0.2) is 24.3 Å². The van der Waals surface area contributed by atoms with Crippen molar-refractivity contribution in [2.45, 2.75) is 19.3 Å². The van der Waals surface area contributed by atoms with Gasteiger partial charge in [0.05, 0.1) is 18.0 Å². The molecule has 0 unspecified atom stereocenters. The van der Waals surface area contributed by atoms with Crippen LogP contribution in [0.4, 0.5) is 5.69 Å². The van der Waals surface area contributed by atoms with E-state index in [-0.39, 0.29) is 42.8 Å². The maximum absolute atomic E-state index is 12.4. The van der Waals surface area contributed by atoms with E-state index in [1.165, 1.54) is 6.07 Å². The van der Waals surface area contributed by atoms with E-state index in [1.807, 2.05) is 4.90 Å². The molecule has 2 atom stereocenters. The summed E-state index contributed by atoms with van der Waals surface area (Å²) in [7, 11) is 0. The van der Waals surface area contributed by atoms with Gasteiger partial charge in [0.15, 0.2) is 5.75 Å². The third-order valence-electron chi connectivity index (χ3n) is 5.01. The number of amides is 1. The minimum Gasteiger partial charge on any atom is -0.486 e. The smallest absolute Gasteiger partial charge is 0.310 e. The van der Waals surface area contributed by atoms with Crippen molar-refractivity contribution in [3.05, 3.63) is 34.4 Å². The van der Waals surface area contributed by atoms with Gasteiger partial charge in [0, 0.05) is 19.2 Å². The van der Waals surface area contributed by atoms with Gasteiger partial charge in [0.2, 0.25) is 5.91 Å². The molecule has 2 saturated heterocycles. The van der Waals surface area contributed by atoms with Crippen molar-refractivity contribution in [2.75, 3.05) is 32.8 Å². The van der Waals surface area contributed by atoms with E-state index in [9.17, 15) is 14.9 Å². The summed E-state index contributed by atoms with van der Waals surface area (Å²) in [4.78, 5) is 24.8. The van der Waals surface area contributed by atoms with Crippen LogP contribution < -0.4 is 10.1 Å². The largest absolute Gasteiger partial charge is 0.486 e. The van der Waals surface area contributed by atoms with E-state index in [2.05, 4.69) is 5.32 Å². The maximum atomic E-state index is 12.4. The van der Waals surface area contributed by atoms with Crippen LogP contribution in [0.1, 0.15) is 19.3 Å². The zero-order valence-electron chi connectivity index (χ0n) is 14.1. The van der Waals surface area contributed by atoms with Gasteiger partial charge in [-0.2, -0.15) is 0 Å². The Morgan fingerprint density at radius 2 is 1.88 bits per heavy atom. The molecule has 0 saturated carbocycles. The van der Waals surface area contributed by atoms with Crippen LogP contribution in [-0.4, -0.2) is 48.5 Å². The van der Waals surface area contributed by atoms with Crippen LogP contribution in [0.25, 0.3) is 0 Å². The van der Waals surface area contributed by atoms with Gasteiger partial charge in [0.25, 0.3) is 0 Å². The number of nitrogens with zero attached hydrogens (tertiary/aromatic N) is 2. The third-order valence-corrected chi connectivity index (χ3v) is 5.01. The molecule has 7 nitrogen and oxygen atoms in total. The lowest BCUT2D eigenvalue weighted by molar-refractivity contribution is -0.385. The first-order valence-electron chi connectivity index (χ1n) is 8.50. The zero-order valence-corrected chi connectivity index (χ0v) is 14.9. The van der Waals surface area contributed by atoms with Crippen molar-refractivity contribution in [3.8, 4) is 5.75 Å². The highest BCUT2D eigenvalue weighted by atomic mass is 35.5. The highest BCUT2D eigenvalue weighted by Gasteiger charge is 2.31. The van der Waals surface area contributed by atoms with E-state index in [4.69, 9.17) is 4.74 Å². The Balaban J connectivity index is 0.00000225. The first-order valence-corrected chi connectivity index (χ1v) is 8.50. The molecule has 0 radical (unpaired) electrons. The number of rotatable bonds is 5. The average molecular weight is 370 g/mol. The number of carbonyl (C=O) groups is 1. The number of fused-ring (bicyclic) bond motifs is 1. The third kappa shape index (κ3) is 4.83. The average Bonchev–Trinajstić information content (AvgIpc) is 2.93. The summed E-state index contributed by atoms with van der Waals surface area (Å²) in [6, 6.07) is 6.24. The van der Waals surface area contributed by atoms with Crippen LogP contribution in [0, 0.1) is 22.0 Å². The van der Waals surface area contributed by atoms with Gasteiger partial charge in [0.1, 0.15) is 0 Å². The summed E-state index contributed by atoms with van der Waals surface area (Å²) < 4.78 is 5.47. The van der Waals surface area contributed by atoms with E-state index < -0.39 is 4.92 Å². The second-order valence-corrected chi connectivity index (χ2v) is 6.46. The molecule has 25 heavy (non-hydrogen) atoms. The number of nitro groups is 1. The van der Waals surface area contributed by atoms with Crippen molar-refractivity contribution in [2.24, 2.45) is 11.8 Å². The molecule has 8 heteroatoms.